The minimum Gasteiger partial charge on any atom is -0.326 e. The summed E-state index contributed by atoms with van der Waals surface area (Å²) in [6.45, 7) is 2.25. The van der Waals surface area contributed by atoms with Crippen LogP contribution in [-0.4, -0.2) is 5.91 Å². The van der Waals surface area contributed by atoms with Crippen LogP contribution in [0.4, 0.5) is 5.69 Å². The van der Waals surface area contributed by atoms with Crippen LogP contribution in [0.5, 0.6) is 0 Å². The second-order valence-electron chi connectivity index (χ2n) is 5.88. The number of hydrogen-bond acceptors (Lipinski definition) is 1. The number of rotatable bonds is 11. The Balaban J connectivity index is 1.97. The summed E-state index contributed by atoms with van der Waals surface area (Å²) >= 11 is 0. The molecule has 0 aliphatic heterocycles. The normalized spacial score (nSPS) is 10.6. The summed E-state index contributed by atoms with van der Waals surface area (Å²) in [7, 11) is 1.97. The Hall–Kier alpha value is -1.38. The molecule has 1 N–H and O–H groups in total. The standard InChI is InChI=1S/C18H30N2O/c1-3-4-5-6-7-8-9-10-11-12-18(21)19-17-13-15-20(2)16-14-17/h13-16H,3-12H2,1-2H3/p+1. The van der Waals surface area contributed by atoms with Gasteiger partial charge in [-0.15, -0.1) is 0 Å². The van der Waals surface area contributed by atoms with Crippen LogP contribution in [0, 0.1) is 0 Å². The smallest absolute Gasteiger partial charge is 0.224 e. The van der Waals surface area contributed by atoms with Crippen molar-refractivity contribution in [3.05, 3.63) is 24.5 Å². The summed E-state index contributed by atoms with van der Waals surface area (Å²) < 4.78 is 1.95. The molecule has 3 heteroatoms. The Morgan fingerprint density at radius 2 is 1.48 bits per heavy atom. The van der Waals surface area contributed by atoms with Gasteiger partial charge in [0.1, 0.15) is 7.05 Å². The Kier molecular flexibility index (Phi) is 9.51. The molecule has 1 aromatic rings. The molecule has 1 aromatic heterocycles. The van der Waals surface area contributed by atoms with Gasteiger partial charge in [0.25, 0.3) is 0 Å². The lowest BCUT2D eigenvalue weighted by atomic mass is 10.1. The fraction of sp³-hybridized carbons (Fsp3) is 0.667. The molecule has 3 nitrogen and oxygen atoms in total. The topological polar surface area (TPSA) is 33.0 Å². The molecule has 0 saturated heterocycles. The zero-order valence-electron chi connectivity index (χ0n) is 13.7. The third-order valence-corrected chi connectivity index (χ3v) is 3.77. The molecule has 0 fully saturated rings. The number of nitrogens with one attached hydrogen (secondary N) is 1. The highest BCUT2D eigenvalue weighted by Crippen LogP contribution is 2.11. The molecule has 1 heterocycles. The summed E-state index contributed by atoms with van der Waals surface area (Å²) in [5, 5.41) is 2.94. The van der Waals surface area contributed by atoms with E-state index in [1.54, 1.807) is 0 Å². The zero-order valence-corrected chi connectivity index (χ0v) is 13.7. The van der Waals surface area contributed by atoms with E-state index in [4.69, 9.17) is 0 Å². The maximum Gasteiger partial charge on any atom is 0.224 e. The maximum absolute atomic E-state index is 11.8. The van der Waals surface area contributed by atoms with Gasteiger partial charge in [0.2, 0.25) is 5.91 Å². The van der Waals surface area contributed by atoms with E-state index in [2.05, 4.69) is 12.2 Å². The average Bonchev–Trinajstić information content (AvgIpc) is 2.48. The van der Waals surface area contributed by atoms with E-state index in [9.17, 15) is 4.79 Å². The summed E-state index contributed by atoms with van der Waals surface area (Å²) in [5.74, 6) is 0.131. The Bertz CT molecular complexity index is 387. The highest BCUT2D eigenvalue weighted by Gasteiger charge is 2.03. The minimum atomic E-state index is 0.131. The molecule has 0 aliphatic rings. The van der Waals surface area contributed by atoms with E-state index < -0.39 is 0 Å². The van der Waals surface area contributed by atoms with Gasteiger partial charge >= 0.3 is 0 Å². The largest absolute Gasteiger partial charge is 0.326 e. The van der Waals surface area contributed by atoms with Gasteiger partial charge in [0.15, 0.2) is 12.4 Å². The number of hydrogen-bond donors (Lipinski definition) is 1. The van der Waals surface area contributed by atoms with Crippen molar-refractivity contribution in [3.8, 4) is 0 Å². The van der Waals surface area contributed by atoms with Crippen molar-refractivity contribution in [2.45, 2.75) is 71.1 Å². The first-order chi connectivity index (χ1) is 10.2. The third kappa shape index (κ3) is 9.22. The Labute approximate surface area is 129 Å². The lowest BCUT2D eigenvalue weighted by Gasteiger charge is -2.04. The molecule has 0 aromatic carbocycles. The van der Waals surface area contributed by atoms with Crippen molar-refractivity contribution >= 4 is 11.6 Å². The molecular formula is C18H31N2O+. The second kappa shape index (κ2) is 11.3. The van der Waals surface area contributed by atoms with Crippen LogP contribution in [0.3, 0.4) is 0 Å². The molecule has 0 aliphatic carbocycles. The van der Waals surface area contributed by atoms with Gasteiger partial charge in [0, 0.05) is 18.6 Å². The zero-order chi connectivity index (χ0) is 15.3. The van der Waals surface area contributed by atoms with Crippen molar-refractivity contribution in [2.24, 2.45) is 7.05 Å². The first-order valence-electron chi connectivity index (χ1n) is 8.47. The van der Waals surface area contributed by atoms with Crippen molar-refractivity contribution < 1.29 is 9.36 Å². The number of aromatic nitrogens is 1. The molecule has 0 saturated carbocycles. The second-order valence-corrected chi connectivity index (χ2v) is 5.88. The molecule has 1 rings (SSSR count). The molecule has 118 valence electrons. The lowest BCUT2D eigenvalue weighted by Crippen LogP contribution is -2.26. The van der Waals surface area contributed by atoms with Crippen molar-refractivity contribution in [2.75, 3.05) is 5.32 Å². The quantitative estimate of drug-likeness (QED) is 0.476. The predicted octanol–water partition coefficient (Wildman–Crippen LogP) is 4.37. The average molecular weight is 291 g/mol. The third-order valence-electron chi connectivity index (χ3n) is 3.77. The van der Waals surface area contributed by atoms with Gasteiger partial charge in [-0.25, -0.2) is 4.57 Å². The molecule has 21 heavy (non-hydrogen) atoms. The van der Waals surface area contributed by atoms with Gasteiger partial charge in [-0.1, -0.05) is 58.3 Å². The molecule has 0 atom stereocenters. The van der Waals surface area contributed by atoms with Crippen molar-refractivity contribution in [3.63, 3.8) is 0 Å². The fourth-order valence-corrected chi connectivity index (χ4v) is 2.40. The number of carbonyl (C=O) groups is 1. The molecule has 0 radical (unpaired) electrons. The summed E-state index contributed by atoms with van der Waals surface area (Å²) in [6, 6.07) is 3.85. The van der Waals surface area contributed by atoms with Crippen LogP contribution in [0.25, 0.3) is 0 Å². The van der Waals surface area contributed by atoms with Gasteiger partial charge < -0.3 is 5.32 Å². The first-order valence-corrected chi connectivity index (χ1v) is 8.47. The Morgan fingerprint density at radius 3 is 2.05 bits per heavy atom. The lowest BCUT2D eigenvalue weighted by molar-refractivity contribution is -0.671. The van der Waals surface area contributed by atoms with Gasteiger partial charge in [-0.3, -0.25) is 4.79 Å². The van der Waals surface area contributed by atoms with E-state index in [1.807, 2.05) is 36.1 Å². The van der Waals surface area contributed by atoms with E-state index in [0.717, 1.165) is 12.1 Å². The van der Waals surface area contributed by atoms with Crippen LogP contribution in [-0.2, 0) is 11.8 Å². The van der Waals surface area contributed by atoms with Crippen molar-refractivity contribution in [1.82, 2.24) is 0 Å². The van der Waals surface area contributed by atoms with E-state index in [-0.39, 0.29) is 5.91 Å². The predicted molar refractivity (Wildman–Crippen MR) is 88.1 cm³/mol. The van der Waals surface area contributed by atoms with E-state index in [1.165, 1.54) is 51.4 Å². The summed E-state index contributed by atoms with van der Waals surface area (Å²) in [4.78, 5) is 11.8. The Morgan fingerprint density at radius 1 is 0.952 bits per heavy atom. The van der Waals surface area contributed by atoms with Gasteiger partial charge in [-0.05, 0) is 6.42 Å². The van der Waals surface area contributed by atoms with Crippen LogP contribution in [0.1, 0.15) is 71.1 Å². The van der Waals surface area contributed by atoms with Crippen LogP contribution < -0.4 is 9.88 Å². The fourth-order valence-electron chi connectivity index (χ4n) is 2.40. The van der Waals surface area contributed by atoms with Crippen LogP contribution in [0.2, 0.25) is 0 Å². The number of unbranched alkanes of at least 4 members (excludes halogenated alkanes) is 8. The van der Waals surface area contributed by atoms with Gasteiger partial charge in [-0.2, -0.15) is 0 Å². The highest BCUT2D eigenvalue weighted by atomic mass is 16.1. The van der Waals surface area contributed by atoms with Crippen LogP contribution >= 0.6 is 0 Å². The number of nitrogens with zero attached hydrogens (tertiary/aromatic N) is 1. The first kappa shape index (κ1) is 17.7. The summed E-state index contributed by atoms with van der Waals surface area (Å²) in [5.41, 5.74) is 0.883. The van der Waals surface area contributed by atoms with E-state index in [0.29, 0.717) is 6.42 Å². The molecule has 0 spiro atoms. The minimum absolute atomic E-state index is 0.131. The van der Waals surface area contributed by atoms with E-state index >= 15 is 0 Å². The highest BCUT2D eigenvalue weighted by molar-refractivity contribution is 5.90. The number of aryl methyl sites for hydroxylation is 1. The number of pyridine rings is 1. The SMILES string of the molecule is CCCCCCCCCCCC(=O)Nc1cc[n+](C)cc1. The monoisotopic (exact) mass is 291 g/mol. The summed E-state index contributed by atoms with van der Waals surface area (Å²) in [6.07, 6.45) is 16.1. The molecule has 0 unspecified atom stereocenters. The molecule has 0 bridgehead atoms. The molecule has 1 amide bonds. The maximum atomic E-state index is 11.8. The van der Waals surface area contributed by atoms with Crippen LogP contribution in [0.15, 0.2) is 24.5 Å². The number of carbonyl (C=O) groups excluding carboxylic acids is 1. The van der Waals surface area contributed by atoms with Gasteiger partial charge in [0.05, 0.1) is 5.69 Å². The molecular weight excluding hydrogens is 260 g/mol. The number of anilines is 1. The number of amides is 1. The van der Waals surface area contributed by atoms with Crippen molar-refractivity contribution in [1.29, 1.82) is 0 Å².